The van der Waals surface area contributed by atoms with Crippen molar-refractivity contribution in [1.29, 1.82) is 0 Å². The molecule has 3 heterocycles. The number of carbonyl (C=O) groups is 6. The fraction of sp³-hybridized carbons (Fsp3) is 0.605. The third-order valence-electron chi connectivity index (χ3n) is 10.7. The number of piperazine rings is 1. The number of fused-ring (bicyclic) bond motifs is 1. The summed E-state index contributed by atoms with van der Waals surface area (Å²) in [7, 11) is 0. The number of unbranched alkanes of at least 4 members (excludes halogenated alkanes) is 1. The monoisotopic (exact) mass is 733 g/mol. The Bertz CT molecular complexity index is 1670. The molecule has 2 aliphatic heterocycles. The van der Waals surface area contributed by atoms with Gasteiger partial charge in [0.15, 0.2) is 6.61 Å². The van der Waals surface area contributed by atoms with E-state index >= 15 is 0 Å². The molecule has 6 amide bonds. The molecule has 1 aromatic carbocycles. The molecule has 2 aromatic rings. The van der Waals surface area contributed by atoms with E-state index in [0.717, 1.165) is 56.9 Å². The molecule has 15 heteroatoms. The van der Waals surface area contributed by atoms with Gasteiger partial charge in [-0.3, -0.25) is 24.0 Å². The van der Waals surface area contributed by atoms with E-state index in [1.807, 2.05) is 19.9 Å². The molecule has 6 rings (SSSR count). The van der Waals surface area contributed by atoms with Crippen LogP contribution in [0.3, 0.4) is 0 Å². The fourth-order valence-corrected chi connectivity index (χ4v) is 7.02. The van der Waals surface area contributed by atoms with Crippen LogP contribution in [0.5, 0.6) is 5.75 Å². The van der Waals surface area contributed by atoms with Crippen molar-refractivity contribution in [2.24, 2.45) is 0 Å². The van der Waals surface area contributed by atoms with E-state index in [9.17, 15) is 28.8 Å². The van der Waals surface area contributed by atoms with Crippen molar-refractivity contribution in [1.82, 2.24) is 35.6 Å². The Morgan fingerprint density at radius 1 is 0.811 bits per heavy atom. The molecule has 0 radical (unpaired) electrons. The van der Waals surface area contributed by atoms with Crippen LogP contribution < -0.4 is 20.7 Å². The van der Waals surface area contributed by atoms with Gasteiger partial charge in [-0.25, -0.2) is 9.78 Å². The minimum atomic E-state index is -0.790. The van der Waals surface area contributed by atoms with E-state index in [1.54, 1.807) is 21.9 Å². The summed E-state index contributed by atoms with van der Waals surface area (Å²) in [5.74, 6) is -1.69. The second kappa shape index (κ2) is 17.3. The lowest BCUT2D eigenvalue weighted by Crippen LogP contribution is -2.57. The van der Waals surface area contributed by atoms with Crippen LogP contribution in [0.1, 0.15) is 87.2 Å². The van der Waals surface area contributed by atoms with E-state index < -0.39 is 30.5 Å². The molecule has 3 N–H and O–H groups in total. The van der Waals surface area contributed by atoms with Crippen LogP contribution in [0.25, 0.3) is 10.9 Å². The number of aromatic nitrogens is 1. The average molecular weight is 734 g/mol. The van der Waals surface area contributed by atoms with Crippen LogP contribution in [0.4, 0.5) is 4.79 Å². The number of hydrogen-bond acceptors (Lipinski definition) is 9. The summed E-state index contributed by atoms with van der Waals surface area (Å²) in [6.45, 7) is 4.84. The highest BCUT2D eigenvalue weighted by Gasteiger charge is 2.45. The summed E-state index contributed by atoms with van der Waals surface area (Å²) in [6.07, 6.45) is 7.75. The molecule has 53 heavy (non-hydrogen) atoms. The molecule has 0 unspecified atom stereocenters. The summed E-state index contributed by atoms with van der Waals surface area (Å²) in [5.41, 5.74) is 1.35. The number of nitrogens with zero attached hydrogens (tertiary/aromatic N) is 4. The summed E-state index contributed by atoms with van der Waals surface area (Å²) >= 11 is 0. The summed E-state index contributed by atoms with van der Waals surface area (Å²) < 4.78 is 11.4. The van der Waals surface area contributed by atoms with Gasteiger partial charge in [-0.1, -0.05) is 19.4 Å². The molecule has 2 saturated heterocycles. The Hall–Kier alpha value is -4.95. The molecule has 2 aliphatic carbocycles. The van der Waals surface area contributed by atoms with Crippen molar-refractivity contribution in [2.75, 3.05) is 45.9 Å². The predicted molar refractivity (Wildman–Crippen MR) is 194 cm³/mol. The minimum absolute atomic E-state index is 0.00493. The summed E-state index contributed by atoms with van der Waals surface area (Å²) in [4.78, 5) is 88.3. The maximum absolute atomic E-state index is 13.9. The number of rotatable bonds is 13. The average Bonchev–Trinajstić information content (AvgIpc) is 3.58. The fourth-order valence-electron chi connectivity index (χ4n) is 7.02. The van der Waals surface area contributed by atoms with E-state index in [1.165, 1.54) is 11.0 Å². The largest absolute Gasteiger partial charge is 0.483 e. The number of hydrogen-bond donors (Lipinski definition) is 3. The SMILES string of the molecule is CCCCOC(=O)N1CCN(C(=O)CNC(=O)c2cc(OCC(=O)N3[C@H](C(=O)NC4CCC4)CC[C@H]3C(=O)NC3CCC3)c3ccc(C)cc3n2)CC1. The maximum atomic E-state index is 13.9. The van der Waals surface area contributed by atoms with Gasteiger partial charge in [-0.2, -0.15) is 0 Å². The summed E-state index contributed by atoms with van der Waals surface area (Å²) in [5, 5.41) is 9.30. The van der Waals surface area contributed by atoms with Crippen molar-refractivity contribution in [3.8, 4) is 5.75 Å². The van der Waals surface area contributed by atoms with Gasteiger partial charge in [0.05, 0.1) is 18.7 Å². The van der Waals surface area contributed by atoms with E-state index in [0.29, 0.717) is 56.5 Å². The zero-order valence-electron chi connectivity index (χ0n) is 30.7. The molecule has 2 saturated carbocycles. The van der Waals surface area contributed by atoms with Gasteiger partial charge < -0.3 is 40.1 Å². The van der Waals surface area contributed by atoms with Gasteiger partial charge >= 0.3 is 6.09 Å². The smallest absolute Gasteiger partial charge is 0.409 e. The molecule has 4 fully saturated rings. The zero-order valence-corrected chi connectivity index (χ0v) is 30.7. The zero-order chi connectivity index (χ0) is 37.5. The predicted octanol–water partition coefficient (Wildman–Crippen LogP) is 2.43. The number of amides is 6. The van der Waals surface area contributed by atoms with Crippen molar-refractivity contribution < 1.29 is 38.2 Å². The standard InChI is InChI=1S/C38H51N7O8/c1-3-4-19-52-38(51)44-17-15-43(16-18-44)33(46)22-39-35(48)29-21-32(27-12-11-24(2)20-28(27)42-29)53-23-34(47)45-30(36(49)40-25-7-5-8-25)13-14-31(45)37(50)41-26-9-6-10-26/h11-12,20-21,25-26,30-31H,3-10,13-19,22-23H2,1-2H3,(H,39,48)(H,40,49)(H,41,50)/t30-,31-/m0/s1. The molecule has 2 atom stereocenters. The second-order valence-corrected chi connectivity index (χ2v) is 14.5. The van der Waals surface area contributed by atoms with Crippen molar-refractivity contribution in [3.63, 3.8) is 0 Å². The Labute approximate surface area is 309 Å². The van der Waals surface area contributed by atoms with Gasteiger partial charge in [0, 0.05) is 49.7 Å². The molecule has 0 bridgehead atoms. The first-order chi connectivity index (χ1) is 25.6. The highest BCUT2D eigenvalue weighted by molar-refractivity contribution is 5.99. The first-order valence-corrected chi connectivity index (χ1v) is 19.0. The topological polar surface area (TPSA) is 180 Å². The van der Waals surface area contributed by atoms with Gasteiger partial charge in [0.2, 0.25) is 17.7 Å². The van der Waals surface area contributed by atoms with Crippen molar-refractivity contribution in [3.05, 3.63) is 35.5 Å². The Morgan fingerprint density at radius 3 is 2.02 bits per heavy atom. The molecule has 286 valence electrons. The number of ether oxygens (including phenoxy) is 2. The first-order valence-electron chi connectivity index (χ1n) is 19.0. The lowest BCUT2D eigenvalue weighted by atomic mass is 9.93. The molecular weight excluding hydrogens is 682 g/mol. The quantitative estimate of drug-likeness (QED) is 0.261. The number of benzene rings is 1. The number of nitrogens with one attached hydrogen (secondary N) is 3. The third-order valence-corrected chi connectivity index (χ3v) is 10.7. The van der Waals surface area contributed by atoms with Gasteiger partial charge in [-0.05, 0) is 82.4 Å². The molecule has 15 nitrogen and oxygen atoms in total. The highest BCUT2D eigenvalue weighted by Crippen LogP contribution is 2.30. The van der Waals surface area contributed by atoms with Crippen LogP contribution in [0.2, 0.25) is 0 Å². The van der Waals surface area contributed by atoms with E-state index in [4.69, 9.17) is 9.47 Å². The van der Waals surface area contributed by atoms with Crippen LogP contribution in [0.15, 0.2) is 24.3 Å². The van der Waals surface area contributed by atoms with Crippen LogP contribution in [0, 0.1) is 6.92 Å². The first kappa shape index (κ1) is 37.8. The van der Waals surface area contributed by atoms with Gasteiger partial charge in [-0.15, -0.1) is 0 Å². The second-order valence-electron chi connectivity index (χ2n) is 14.5. The molecular formula is C38H51N7O8. The number of likely N-dealkylation sites (tertiary alicyclic amines) is 1. The van der Waals surface area contributed by atoms with Crippen molar-refractivity contribution in [2.45, 2.75) is 102 Å². The summed E-state index contributed by atoms with van der Waals surface area (Å²) in [6, 6.07) is 5.47. The number of pyridine rings is 1. The van der Waals surface area contributed by atoms with Crippen molar-refractivity contribution >= 4 is 46.5 Å². The number of carbonyl (C=O) groups excluding carboxylic acids is 6. The van der Waals surface area contributed by atoms with Gasteiger partial charge in [0.1, 0.15) is 23.5 Å². The van der Waals surface area contributed by atoms with Crippen LogP contribution >= 0.6 is 0 Å². The minimum Gasteiger partial charge on any atom is -0.483 e. The highest BCUT2D eigenvalue weighted by atomic mass is 16.6. The Kier molecular flexibility index (Phi) is 12.3. The Morgan fingerprint density at radius 2 is 1.43 bits per heavy atom. The molecule has 4 aliphatic rings. The van der Waals surface area contributed by atoms with Crippen LogP contribution in [-0.4, -0.2) is 125 Å². The third kappa shape index (κ3) is 9.17. The Balaban J connectivity index is 1.10. The lowest BCUT2D eigenvalue weighted by Gasteiger charge is -2.34. The maximum Gasteiger partial charge on any atom is 0.409 e. The normalized spacial score (nSPS) is 20.3. The molecule has 0 spiro atoms. The van der Waals surface area contributed by atoms with E-state index in [-0.39, 0.29) is 53.9 Å². The lowest BCUT2D eigenvalue weighted by molar-refractivity contribution is -0.146. The number of aryl methyl sites for hydroxylation is 1. The van der Waals surface area contributed by atoms with Crippen LogP contribution in [-0.2, 0) is 23.9 Å². The van der Waals surface area contributed by atoms with Gasteiger partial charge in [0.25, 0.3) is 11.8 Å². The molecule has 1 aromatic heterocycles. The van der Waals surface area contributed by atoms with E-state index in [2.05, 4.69) is 20.9 Å².